The molecule has 0 aliphatic heterocycles. The average molecular weight is 320 g/mol. The van der Waals surface area contributed by atoms with Crippen molar-refractivity contribution in [3.8, 4) is 0 Å². The summed E-state index contributed by atoms with van der Waals surface area (Å²) in [6, 6.07) is 6.63. The van der Waals surface area contributed by atoms with E-state index in [9.17, 15) is 9.59 Å². The fraction of sp³-hybridized carbons (Fsp3) is 0.556. The molecule has 1 aromatic rings. The minimum absolute atomic E-state index is 0.0190. The monoisotopic (exact) mass is 320 g/mol. The van der Waals surface area contributed by atoms with Crippen molar-refractivity contribution in [3.05, 3.63) is 35.4 Å². The summed E-state index contributed by atoms with van der Waals surface area (Å²) in [5.74, 6) is -0.456. The number of nitrogens with one attached hydrogen (secondary N) is 2. The minimum Gasteiger partial charge on any atom is -0.396 e. The van der Waals surface area contributed by atoms with E-state index in [1.54, 1.807) is 12.1 Å². The number of aryl methyl sites for hydroxylation is 1. The summed E-state index contributed by atoms with van der Waals surface area (Å²) >= 11 is 0. The number of hydrogen-bond donors (Lipinski definition) is 3. The number of carbonyl (C=O) groups excluding carboxylic acids is 2. The van der Waals surface area contributed by atoms with Crippen molar-refractivity contribution in [1.29, 1.82) is 0 Å². The van der Waals surface area contributed by atoms with Crippen molar-refractivity contribution in [2.24, 2.45) is 5.92 Å². The highest BCUT2D eigenvalue weighted by molar-refractivity contribution is 5.97. The van der Waals surface area contributed by atoms with Crippen LogP contribution in [0.4, 0.5) is 0 Å². The molecule has 0 aromatic heterocycles. The zero-order chi connectivity index (χ0) is 17.4. The highest BCUT2D eigenvalue weighted by Gasteiger charge is 2.25. The number of rotatable bonds is 8. The first-order chi connectivity index (χ1) is 10.8. The summed E-state index contributed by atoms with van der Waals surface area (Å²) in [4.78, 5) is 24.7. The van der Waals surface area contributed by atoms with Crippen LogP contribution < -0.4 is 10.6 Å². The van der Waals surface area contributed by atoms with E-state index in [-0.39, 0.29) is 30.4 Å². The molecule has 2 unspecified atom stereocenters. The van der Waals surface area contributed by atoms with E-state index in [4.69, 9.17) is 5.11 Å². The Morgan fingerprint density at radius 3 is 2.22 bits per heavy atom. The Bertz CT molecular complexity index is 512. The zero-order valence-electron chi connectivity index (χ0n) is 14.4. The van der Waals surface area contributed by atoms with Gasteiger partial charge in [-0.2, -0.15) is 0 Å². The van der Waals surface area contributed by atoms with Crippen LogP contribution in [0.5, 0.6) is 0 Å². The van der Waals surface area contributed by atoms with E-state index in [2.05, 4.69) is 10.6 Å². The maximum atomic E-state index is 12.4. The van der Waals surface area contributed by atoms with Crippen LogP contribution in [0, 0.1) is 12.8 Å². The Morgan fingerprint density at radius 1 is 1.09 bits per heavy atom. The summed E-state index contributed by atoms with van der Waals surface area (Å²) in [5.41, 5.74) is 1.62. The third kappa shape index (κ3) is 6.40. The molecule has 2 atom stereocenters. The highest BCUT2D eigenvalue weighted by atomic mass is 16.3. The van der Waals surface area contributed by atoms with Crippen LogP contribution in [0.3, 0.4) is 0 Å². The second-order valence-electron chi connectivity index (χ2n) is 6.34. The summed E-state index contributed by atoms with van der Waals surface area (Å²) in [6.07, 6.45) is 1.35. The molecule has 23 heavy (non-hydrogen) atoms. The molecule has 0 heterocycles. The Kier molecular flexibility index (Phi) is 7.75. The summed E-state index contributed by atoms with van der Waals surface area (Å²) in [7, 11) is 0. The fourth-order valence-electron chi connectivity index (χ4n) is 2.27. The number of aliphatic hydroxyl groups excluding tert-OH is 1. The molecule has 0 radical (unpaired) electrons. The van der Waals surface area contributed by atoms with Gasteiger partial charge in [0.2, 0.25) is 5.91 Å². The fourth-order valence-corrected chi connectivity index (χ4v) is 2.27. The van der Waals surface area contributed by atoms with Crippen LogP contribution >= 0.6 is 0 Å². The molecule has 2 amide bonds. The Labute approximate surface area is 138 Å². The maximum absolute atomic E-state index is 12.4. The van der Waals surface area contributed by atoms with Crippen LogP contribution in [0.1, 0.15) is 49.5 Å². The standard InChI is InChI=1S/C18H28N2O3/c1-12(2)16(18(23)19-14(4)6-5-11-21)20-17(22)15-9-7-13(3)8-10-15/h7-10,12,14,16,21H,5-6,11H2,1-4H3,(H,19,23)(H,20,22). The number of carbonyl (C=O) groups is 2. The van der Waals surface area contributed by atoms with Crippen molar-refractivity contribution in [3.63, 3.8) is 0 Å². The van der Waals surface area contributed by atoms with Gasteiger partial charge in [-0.25, -0.2) is 0 Å². The molecule has 5 nitrogen and oxygen atoms in total. The minimum atomic E-state index is -0.583. The van der Waals surface area contributed by atoms with Crippen LogP contribution in [0.25, 0.3) is 0 Å². The smallest absolute Gasteiger partial charge is 0.251 e. The Balaban J connectivity index is 2.68. The van der Waals surface area contributed by atoms with Crippen LogP contribution in [-0.2, 0) is 4.79 Å². The lowest BCUT2D eigenvalue weighted by Gasteiger charge is -2.24. The first kappa shape index (κ1) is 19.2. The predicted molar refractivity (Wildman–Crippen MR) is 91.2 cm³/mol. The summed E-state index contributed by atoms with van der Waals surface area (Å²) in [5, 5.41) is 14.6. The van der Waals surface area contributed by atoms with Gasteiger partial charge in [-0.05, 0) is 44.7 Å². The lowest BCUT2D eigenvalue weighted by molar-refractivity contribution is -0.124. The van der Waals surface area contributed by atoms with Gasteiger partial charge in [-0.3, -0.25) is 9.59 Å². The number of aliphatic hydroxyl groups is 1. The first-order valence-corrected chi connectivity index (χ1v) is 8.14. The first-order valence-electron chi connectivity index (χ1n) is 8.14. The largest absolute Gasteiger partial charge is 0.396 e. The normalized spacial score (nSPS) is 13.5. The average Bonchev–Trinajstić information content (AvgIpc) is 2.50. The predicted octanol–water partition coefficient (Wildman–Crippen LogP) is 2.03. The van der Waals surface area contributed by atoms with Crippen molar-refractivity contribution in [2.75, 3.05) is 6.61 Å². The molecule has 0 fully saturated rings. The molecule has 0 bridgehead atoms. The van der Waals surface area contributed by atoms with Crippen molar-refractivity contribution < 1.29 is 14.7 Å². The van der Waals surface area contributed by atoms with E-state index in [1.807, 2.05) is 39.8 Å². The molecule has 1 aromatic carbocycles. The van der Waals surface area contributed by atoms with Crippen molar-refractivity contribution >= 4 is 11.8 Å². The van der Waals surface area contributed by atoms with Crippen molar-refractivity contribution in [2.45, 2.75) is 52.6 Å². The summed E-state index contributed by atoms with van der Waals surface area (Å²) in [6.45, 7) is 7.76. The number of amides is 2. The molecule has 3 N–H and O–H groups in total. The molecular formula is C18H28N2O3. The van der Waals surface area contributed by atoms with E-state index >= 15 is 0 Å². The number of benzene rings is 1. The van der Waals surface area contributed by atoms with Gasteiger partial charge < -0.3 is 15.7 Å². The third-order valence-electron chi connectivity index (χ3n) is 3.73. The van der Waals surface area contributed by atoms with E-state index in [1.165, 1.54) is 0 Å². The summed E-state index contributed by atoms with van der Waals surface area (Å²) < 4.78 is 0. The molecule has 0 aliphatic rings. The van der Waals surface area contributed by atoms with Gasteiger partial charge in [0.25, 0.3) is 5.91 Å². The number of hydrogen-bond acceptors (Lipinski definition) is 3. The Morgan fingerprint density at radius 2 is 1.70 bits per heavy atom. The zero-order valence-corrected chi connectivity index (χ0v) is 14.4. The van der Waals surface area contributed by atoms with Gasteiger partial charge in [0.05, 0.1) is 0 Å². The maximum Gasteiger partial charge on any atom is 0.251 e. The SMILES string of the molecule is Cc1ccc(C(=O)NC(C(=O)NC(C)CCCO)C(C)C)cc1. The Hall–Kier alpha value is -1.88. The molecule has 0 spiro atoms. The van der Waals surface area contributed by atoms with Crippen LogP contribution in [0.15, 0.2) is 24.3 Å². The van der Waals surface area contributed by atoms with Gasteiger partial charge in [0.1, 0.15) is 6.04 Å². The molecule has 0 aliphatic carbocycles. The van der Waals surface area contributed by atoms with E-state index in [0.29, 0.717) is 18.4 Å². The lowest BCUT2D eigenvalue weighted by Crippen LogP contribution is -2.51. The van der Waals surface area contributed by atoms with Gasteiger partial charge in [-0.1, -0.05) is 31.5 Å². The molecule has 128 valence electrons. The molecule has 5 heteroatoms. The topological polar surface area (TPSA) is 78.4 Å². The molecule has 1 rings (SSSR count). The molecule has 0 saturated heterocycles. The van der Waals surface area contributed by atoms with E-state index < -0.39 is 6.04 Å². The molecular weight excluding hydrogens is 292 g/mol. The lowest BCUT2D eigenvalue weighted by atomic mass is 10.0. The van der Waals surface area contributed by atoms with Crippen molar-refractivity contribution in [1.82, 2.24) is 10.6 Å². The highest BCUT2D eigenvalue weighted by Crippen LogP contribution is 2.08. The molecule has 0 saturated carbocycles. The quantitative estimate of drug-likeness (QED) is 0.686. The van der Waals surface area contributed by atoms with Crippen LogP contribution in [0.2, 0.25) is 0 Å². The van der Waals surface area contributed by atoms with Gasteiger partial charge in [0.15, 0.2) is 0 Å². The third-order valence-corrected chi connectivity index (χ3v) is 3.73. The second-order valence-corrected chi connectivity index (χ2v) is 6.34. The van der Waals surface area contributed by atoms with Crippen LogP contribution in [-0.4, -0.2) is 35.6 Å². The van der Waals surface area contributed by atoms with E-state index in [0.717, 1.165) is 5.56 Å². The second kappa shape index (κ2) is 9.30. The van der Waals surface area contributed by atoms with Gasteiger partial charge >= 0.3 is 0 Å². The van der Waals surface area contributed by atoms with Gasteiger partial charge in [0, 0.05) is 18.2 Å². The van der Waals surface area contributed by atoms with Gasteiger partial charge in [-0.15, -0.1) is 0 Å².